The minimum atomic E-state index is 0.799. The van der Waals surface area contributed by atoms with Gasteiger partial charge < -0.3 is 5.73 Å². The zero-order chi connectivity index (χ0) is 9.68. The van der Waals surface area contributed by atoms with E-state index in [4.69, 9.17) is 5.73 Å². The van der Waals surface area contributed by atoms with Crippen molar-refractivity contribution in [2.75, 3.05) is 12.3 Å². The molecule has 0 saturated heterocycles. The molecule has 0 radical (unpaired) electrons. The van der Waals surface area contributed by atoms with Crippen molar-refractivity contribution in [1.29, 1.82) is 0 Å². The van der Waals surface area contributed by atoms with Gasteiger partial charge in [0, 0.05) is 5.25 Å². The van der Waals surface area contributed by atoms with Gasteiger partial charge in [0.15, 0.2) is 0 Å². The van der Waals surface area contributed by atoms with E-state index < -0.39 is 0 Å². The summed E-state index contributed by atoms with van der Waals surface area (Å²) >= 11 is 2.15. The Morgan fingerprint density at radius 2 is 2.15 bits per heavy atom. The van der Waals surface area contributed by atoms with Gasteiger partial charge in [0.25, 0.3) is 0 Å². The van der Waals surface area contributed by atoms with E-state index in [1.807, 2.05) is 0 Å². The first-order chi connectivity index (χ1) is 6.27. The van der Waals surface area contributed by atoms with Gasteiger partial charge in [-0.05, 0) is 43.4 Å². The van der Waals surface area contributed by atoms with Crippen LogP contribution in [-0.4, -0.2) is 17.5 Å². The van der Waals surface area contributed by atoms with Crippen LogP contribution in [0.1, 0.15) is 39.5 Å². The van der Waals surface area contributed by atoms with Crippen LogP contribution in [0, 0.1) is 11.8 Å². The second kappa shape index (κ2) is 5.92. The van der Waals surface area contributed by atoms with Crippen LogP contribution >= 0.6 is 11.8 Å². The molecule has 0 spiro atoms. The van der Waals surface area contributed by atoms with Crippen molar-refractivity contribution in [2.45, 2.75) is 44.8 Å². The SMILES string of the molecule is CCCSC1CC(C)CCC1CN. The lowest BCUT2D eigenvalue weighted by Gasteiger charge is -2.33. The standard InChI is InChI=1S/C11H23NS/c1-3-6-13-11-7-9(2)4-5-10(11)8-12/h9-11H,3-8,12H2,1-2H3. The summed E-state index contributed by atoms with van der Waals surface area (Å²) < 4.78 is 0. The highest BCUT2D eigenvalue weighted by atomic mass is 32.2. The molecule has 3 atom stereocenters. The minimum Gasteiger partial charge on any atom is -0.330 e. The molecule has 1 rings (SSSR count). The smallest absolute Gasteiger partial charge is 0.00898 e. The molecule has 0 aromatic carbocycles. The molecular weight excluding hydrogens is 178 g/mol. The fourth-order valence-corrected chi connectivity index (χ4v) is 3.66. The average molecular weight is 201 g/mol. The normalized spacial score (nSPS) is 34.8. The highest BCUT2D eigenvalue weighted by Gasteiger charge is 2.27. The lowest BCUT2D eigenvalue weighted by molar-refractivity contribution is 0.306. The lowest BCUT2D eigenvalue weighted by atomic mass is 9.82. The van der Waals surface area contributed by atoms with Crippen LogP contribution in [0.15, 0.2) is 0 Å². The number of thioether (sulfide) groups is 1. The summed E-state index contributed by atoms with van der Waals surface area (Å²) in [5.74, 6) is 3.04. The number of hydrogen-bond donors (Lipinski definition) is 1. The van der Waals surface area contributed by atoms with Crippen LogP contribution < -0.4 is 5.73 Å². The summed E-state index contributed by atoms with van der Waals surface area (Å²) in [5.41, 5.74) is 5.80. The van der Waals surface area contributed by atoms with Gasteiger partial charge in [-0.25, -0.2) is 0 Å². The van der Waals surface area contributed by atoms with Crippen molar-refractivity contribution >= 4 is 11.8 Å². The Hall–Kier alpha value is 0.310. The zero-order valence-electron chi connectivity index (χ0n) is 8.96. The molecule has 78 valence electrons. The summed E-state index contributed by atoms with van der Waals surface area (Å²) in [7, 11) is 0. The van der Waals surface area contributed by atoms with Crippen molar-refractivity contribution < 1.29 is 0 Å². The van der Waals surface area contributed by atoms with E-state index in [2.05, 4.69) is 25.6 Å². The van der Waals surface area contributed by atoms with Gasteiger partial charge in [0.1, 0.15) is 0 Å². The molecule has 13 heavy (non-hydrogen) atoms. The summed E-state index contributed by atoms with van der Waals surface area (Å²) in [5, 5.41) is 0.855. The highest BCUT2D eigenvalue weighted by molar-refractivity contribution is 7.99. The van der Waals surface area contributed by atoms with Crippen LogP contribution in [0.2, 0.25) is 0 Å². The molecule has 1 fully saturated rings. The van der Waals surface area contributed by atoms with E-state index in [1.165, 1.54) is 31.4 Å². The van der Waals surface area contributed by atoms with Gasteiger partial charge >= 0.3 is 0 Å². The third kappa shape index (κ3) is 3.51. The Morgan fingerprint density at radius 3 is 2.77 bits per heavy atom. The number of nitrogens with two attached hydrogens (primary N) is 1. The second-order valence-corrected chi connectivity index (χ2v) is 5.67. The molecule has 2 heteroatoms. The maximum atomic E-state index is 5.80. The summed E-state index contributed by atoms with van der Waals surface area (Å²) in [4.78, 5) is 0. The molecule has 0 aliphatic heterocycles. The average Bonchev–Trinajstić information content (AvgIpc) is 2.15. The van der Waals surface area contributed by atoms with Crippen molar-refractivity contribution in [2.24, 2.45) is 17.6 Å². The number of rotatable bonds is 4. The second-order valence-electron chi connectivity index (χ2n) is 4.32. The molecule has 1 aliphatic carbocycles. The van der Waals surface area contributed by atoms with Crippen molar-refractivity contribution in [1.82, 2.24) is 0 Å². The molecule has 1 nitrogen and oxygen atoms in total. The summed E-state index contributed by atoms with van der Waals surface area (Å²) in [6.07, 6.45) is 5.45. The first kappa shape index (κ1) is 11.4. The van der Waals surface area contributed by atoms with Crippen LogP contribution in [0.4, 0.5) is 0 Å². The van der Waals surface area contributed by atoms with Crippen molar-refractivity contribution in [3.05, 3.63) is 0 Å². The van der Waals surface area contributed by atoms with E-state index in [-0.39, 0.29) is 0 Å². The molecule has 0 bridgehead atoms. The Labute approximate surface area is 86.8 Å². The fourth-order valence-electron chi connectivity index (χ4n) is 2.13. The summed E-state index contributed by atoms with van der Waals surface area (Å²) in [6.45, 7) is 5.54. The maximum Gasteiger partial charge on any atom is 0.00898 e. The Balaban J connectivity index is 2.35. The Morgan fingerprint density at radius 1 is 1.38 bits per heavy atom. The molecule has 0 aromatic rings. The van der Waals surface area contributed by atoms with E-state index >= 15 is 0 Å². The lowest BCUT2D eigenvalue weighted by Crippen LogP contribution is -2.31. The molecular formula is C11H23NS. The maximum absolute atomic E-state index is 5.80. The minimum absolute atomic E-state index is 0.799. The predicted molar refractivity (Wildman–Crippen MR) is 62.1 cm³/mol. The van der Waals surface area contributed by atoms with Crippen molar-refractivity contribution in [3.8, 4) is 0 Å². The Bertz CT molecular complexity index is 138. The molecule has 0 aromatic heterocycles. The van der Waals surface area contributed by atoms with Gasteiger partial charge in [-0.15, -0.1) is 0 Å². The van der Waals surface area contributed by atoms with E-state index in [1.54, 1.807) is 0 Å². The largest absolute Gasteiger partial charge is 0.330 e. The van der Waals surface area contributed by atoms with E-state index in [9.17, 15) is 0 Å². The molecule has 2 N–H and O–H groups in total. The molecule has 0 heterocycles. The van der Waals surface area contributed by atoms with E-state index in [0.717, 1.165) is 23.6 Å². The zero-order valence-corrected chi connectivity index (χ0v) is 9.78. The molecule has 3 unspecified atom stereocenters. The Kier molecular flexibility index (Phi) is 5.18. The van der Waals surface area contributed by atoms with Crippen LogP contribution in [0.3, 0.4) is 0 Å². The third-order valence-corrected chi connectivity index (χ3v) is 4.68. The topological polar surface area (TPSA) is 26.0 Å². The third-order valence-electron chi connectivity index (χ3n) is 3.03. The molecule has 1 aliphatic rings. The van der Waals surface area contributed by atoms with Crippen LogP contribution in [-0.2, 0) is 0 Å². The van der Waals surface area contributed by atoms with E-state index in [0.29, 0.717) is 0 Å². The van der Waals surface area contributed by atoms with Crippen molar-refractivity contribution in [3.63, 3.8) is 0 Å². The predicted octanol–water partition coefficient (Wildman–Crippen LogP) is 2.89. The van der Waals surface area contributed by atoms with Gasteiger partial charge in [0.2, 0.25) is 0 Å². The fraction of sp³-hybridized carbons (Fsp3) is 1.00. The summed E-state index contributed by atoms with van der Waals surface area (Å²) in [6, 6.07) is 0. The van der Waals surface area contributed by atoms with Crippen LogP contribution in [0.25, 0.3) is 0 Å². The first-order valence-electron chi connectivity index (χ1n) is 5.59. The monoisotopic (exact) mass is 201 g/mol. The first-order valence-corrected chi connectivity index (χ1v) is 6.64. The highest BCUT2D eigenvalue weighted by Crippen LogP contribution is 2.36. The molecule has 0 amide bonds. The number of hydrogen-bond acceptors (Lipinski definition) is 2. The van der Waals surface area contributed by atoms with Gasteiger partial charge in [-0.2, -0.15) is 11.8 Å². The van der Waals surface area contributed by atoms with Gasteiger partial charge in [-0.3, -0.25) is 0 Å². The van der Waals surface area contributed by atoms with Gasteiger partial charge in [-0.1, -0.05) is 20.3 Å². The van der Waals surface area contributed by atoms with Gasteiger partial charge in [0.05, 0.1) is 0 Å². The molecule has 1 saturated carbocycles. The van der Waals surface area contributed by atoms with Crippen LogP contribution in [0.5, 0.6) is 0 Å². The quantitative estimate of drug-likeness (QED) is 0.757.